The van der Waals surface area contributed by atoms with E-state index in [9.17, 15) is 13.8 Å². The molecule has 2 rings (SSSR count). The van der Waals surface area contributed by atoms with E-state index in [0.29, 0.717) is 6.33 Å². The molecule has 0 atom stereocenters. The molecule has 0 aliphatic rings. The molecule has 0 fully saturated rings. The molecule has 2 N–H and O–H groups in total. The van der Waals surface area contributed by atoms with Crippen LogP contribution in [0.1, 0.15) is 0 Å². The van der Waals surface area contributed by atoms with E-state index in [0.717, 1.165) is 0 Å². The molecule has 8 heteroatoms. The Morgan fingerprint density at radius 2 is 2.15 bits per heavy atom. The van der Waals surface area contributed by atoms with Gasteiger partial charge in [-0.2, -0.15) is 9.77 Å². The third-order valence-electron chi connectivity index (χ3n) is 1.51. The predicted octanol–water partition coefficient (Wildman–Crippen LogP) is -0.360. The summed E-state index contributed by atoms with van der Waals surface area (Å²) >= 11 is 0. The van der Waals surface area contributed by atoms with Gasteiger partial charge in [0.2, 0.25) is 5.95 Å². The van der Waals surface area contributed by atoms with Gasteiger partial charge in [0.05, 0.1) is 0 Å². The SMILES string of the molecule is Nc1nc2ncn(F)c2c(=O)n1F. The van der Waals surface area contributed by atoms with Gasteiger partial charge in [0.15, 0.2) is 11.2 Å². The van der Waals surface area contributed by atoms with E-state index < -0.39 is 21.8 Å². The molecule has 0 aliphatic heterocycles. The number of nitrogens with zero attached hydrogens (tertiary/aromatic N) is 4. The summed E-state index contributed by atoms with van der Waals surface area (Å²) in [4.78, 5) is 17.2. The molecular formula is C5H3F2N5O. The Balaban J connectivity index is 3.06. The summed E-state index contributed by atoms with van der Waals surface area (Å²) in [7, 11) is 0. The smallest absolute Gasteiger partial charge is 0.312 e. The van der Waals surface area contributed by atoms with Crippen molar-refractivity contribution in [1.29, 1.82) is 0 Å². The minimum absolute atomic E-state index is 0.111. The van der Waals surface area contributed by atoms with E-state index in [1.54, 1.807) is 0 Å². The largest absolute Gasteiger partial charge is 0.367 e. The fraction of sp³-hybridized carbons (Fsp3) is 0. The van der Waals surface area contributed by atoms with Crippen LogP contribution in [0.3, 0.4) is 0 Å². The van der Waals surface area contributed by atoms with E-state index in [4.69, 9.17) is 5.73 Å². The summed E-state index contributed by atoms with van der Waals surface area (Å²) in [6.07, 6.45) is 0.707. The standard InChI is InChI=1S/C5H3F2N5O/c6-11-1-9-3-2(11)4(13)12(7)5(8)10-3/h1H,(H2,8,10). The van der Waals surface area contributed by atoms with Crippen LogP contribution in [0, 0.1) is 0 Å². The van der Waals surface area contributed by atoms with Crippen LogP contribution in [0.5, 0.6) is 0 Å². The first-order valence-electron chi connectivity index (χ1n) is 3.19. The van der Waals surface area contributed by atoms with Crippen molar-refractivity contribution < 1.29 is 8.96 Å². The Bertz CT molecular complexity index is 529. The average molecular weight is 187 g/mol. The Morgan fingerprint density at radius 3 is 2.85 bits per heavy atom. The average Bonchev–Trinajstić information content (AvgIpc) is 2.43. The lowest BCUT2D eigenvalue weighted by molar-refractivity contribution is 0.348. The Labute approximate surface area is 69.1 Å². The quantitative estimate of drug-likeness (QED) is 0.610. The molecule has 0 spiro atoms. The maximum absolute atomic E-state index is 12.7. The van der Waals surface area contributed by atoms with Crippen LogP contribution >= 0.6 is 0 Å². The van der Waals surface area contributed by atoms with Gasteiger partial charge in [-0.15, -0.1) is 4.79 Å². The van der Waals surface area contributed by atoms with Gasteiger partial charge in [-0.05, 0) is 0 Å². The van der Waals surface area contributed by atoms with Crippen molar-refractivity contribution in [1.82, 2.24) is 19.5 Å². The highest BCUT2D eigenvalue weighted by molar-refractivity contribution is 5.70. The molecule has 6 nitrogen and oxygen atoms in total. The number of hydrogen-bond donors (Lipinski definition) is 1. The van der Waals surface area contributed by atoms with Gasteiger partial charge in [-0.1, -0.05) is 8.96 Å². The zero-order chi connectivity index (χ0) is 9.59. The Hall–Kier alpha value is -1.99. The predicted molar refractivity (Wildman–Crippen MR) is 39.2 cm³/mol. The van der Waals surface area contributed by atoms with Crippen LogP contribution in [0.2, 0.25) is 0 Å². The number of fused-ring (bicyclic) bond motifs is 1. The molecule has 0 saturated heterocycles. The van der Waals surface area contributed by atoms with E-state index in [1.807, 2.05) is 0 Å². The molecule has 0 unspecified atom stereocenters. The van der Waals surface area contributed by atoms with Crippen LogP contribution in [-0.4, -0.2) is 19.5 Å². The van der Waals surface area contributed by atoms with E-state index in [-0.39, 0.29) is 10.4 Å². The van der Waals surface area contributed by atoms with Crippen LogP contribution in [0.15, 0.2) is 11.1 Å². The topological polar surface area (TPSA) is 78.7 Å². The minimum atomic E-state index is -1.22. The van der Waals surface area contributed by atoms with Crippen LogP contribution in [0.25, 0.3) is 11.2 Å². The van der Waals surface area contributed by atoms with Gasteiger partial charge >= 0.3 is 5.56 Å². The molecule has 2 aromatic heterocycles. The number of hydrogen-bond acceptors (Lipinski definition) is 4. The van der Waals surface area contributed by atoms with Crippen molar-refractivity contribution in [3.63, 3.8) is 0 Å². The summed E-state index contributed by atoms with van der Waals surface area (Å²) in [5.41, 5.74) is 2.99. The second kappa shape index (κ2) is 2.25. The number of halogens is 2. The molecule has 0 aromatic carbocycles. The summed E-state index contributed by atoms with van der Waals surface area (Å²) in [6.45, 7) is 0. The molecule has 2 aromatic rings. The number of nitrogen functional groups attached to an aromatic ring is 1. The fourth-order valence-electron chi connectivity index (χ4n) is 0.938. The Kier molecular flexibility index (Phi) is 1.32. The lowest BCUT2D eigenvalue weighted by atomic mass is 10.5. The lowest BCUT2D eigenvalue weighted by Gasteiger charge is -1.95. The van der Waals surface area contributed by atoms with Crippen molar-refractivity contribution in [2.75, 3.05) is 5.73 Å². The summed E-state index contributed by atoms with van der Waals surface area (Å²) in [5, 5.41) is 0. The first kappa shape index (κ1) is 7.65. The van der Waals surface area contributed by atoms with Crippen molar-refractivity contribution in [3.8, 4) is 0 Å². The van der Waals surface area contributed by atoms with Gasteiger partial charge in [0.25, 0.3) is 0 Å². The lowest BCUT2D eigenvalue weighted by Crippen LogP contribution is -2.19. The maximum Gasteiger partial charge on any atom is 0.312 e. The normalized spacial score (nSPS) is 10.9. The summed E-state index contributed by atoms with van der Waals surface area (Å²) in [5.74, 6) is -0.656. The van der Waals surface area contributed by atoms with E-state index in [2.05, 4.69) is 9.97 Å². The first-order valence-corrected chi connectivity index (χ1v) is 3.19. The van der Waals surface area contributed by atoms with E-state index in [1.165, 1.54) is 0 Å². The third-order valence-corrected chi connectivity index (χ3v) is 1.51. The number of anilines is 1. The molecule has 0 bridgehead atoms. The molecule has 68 valence electrons. The van der Waals surface area contributed by atoms with Gasteiger partial charge < -0.3 is 5.73 Å². The molecule has 13 heavy (non-hydrogen) atoms. The molecule has 2 heterocycles. The van der Waals surface area contributed by atoms with Gasteiger partial charge in [-0.25, -0.2) is 4.98 Å². The second-order valence-electron chi connectivity index (χ2n) is 2.28. The maximum atomic E-state index is 12.7. The van der Waals surface area contributed by atoms with Gasteiger partial charge in [0.1, 0.15) is 6.33 Å². The number of aromatic nitrogens is 4. The molecule has 0 amide bonds. The monoisotopic (exact) mass is 187 g/mol. The summed E-state index contributed by atoms with van der Waals surface area (Å²) in [6, 6.07) is 0. The zero-order valence-corrected chi connectivity index (χ0v) is 6.11. The van der Waals surface area contributed by atoms with Crippen LogP contribution in [-0.2, 0) is 0 Å². The highest BCUT2D eigenvalue weighted by Crippen LogP contribution is 2.07. The second-order valence-corrected chi connectivity index (χ2v) is 2.28. The van der Waals surface area contributed by atoms with Crippen molar-refractivity contribution in [3.05, 3.63) is 16.7 Å². The molecule has 0 radical (unpaired) electrons. The van der Waals surface area contributed by atoms with Gasteiger partial charge in [-0.3, -0.25) is 4.79 Å². The highest BCUT2D eigenvalue weighted by Gasteiger charge is 2.13. The summed E-state index contributed by atoms with van der Waals surface area (Å²) < 4.78 is 25.4. The number of nitrogens with two attached hydrogens (primary N) is 1. The van der Waals surface area contributed by atoms with Crippen molar-refractivity contribution >= 4 is 17.1 Å². The van der Waals surface area contributed by atoms with Gasteiger partial charge in [0, 0.05) is 0 Å². The van der Waals surface area contributed by atoms with Crippen molar-refractivity contribution in [2.24, 2.45) is 0 Å². The minimum Gasteiger partial charge on any atom is -0.367 e. The van der Waals surface area contributed by atoms with Crippen LogP contribution in [0.4, 0.5) is 14.9 Å². The molecular weight excluding hydrogens is 184 g/mol. The fourth-order valence-corrected chi connectivity index (χ4v) is 0.938. The number of imidazole rings is 1. The molecule has 0 aliphatic carbocycles. The first-order chi connectivity index (χ1) is 6.11. The van der Waals surface area contributed by atoms with E-state index >= 15 is 0 Å². The van der Waals surface area contributed by atoms with Crippen LogP contribution < -0.4 is 11.3 Å². The zero-order valence-electron chi connectivity index (χ0n) is 6.11. The third kappa shape index (κ3) is 0.880. The highest BCUT2D eigenvalue weighted by atomic mass is 19.2. The number of rotatable bonds is 0. The van der Waals surface area contributed by atoms with Crippen molar-refractivity contribution in [2.45, 2.75) is 0 Å². The molecule has 0 saturated carbocycles. The Morgan fingerprint density at radius 1 is 1.46 bits per heavy atom.